The number of amides is 2. The molecule has 0 spiro atoms. The maximum absolute atomic E-state index is 12.6. The van der Waals surface area contributed by atoms with E-state index in [1.54, 1.807) is 18.7 Å². The van der Waals surface area contributed by atoms with Crippen LogP contribution in [0.2, 0.25) is 0 Å². The van der Waals surface area contributed by atoms with Gasteiger partial charge >= 0.3 is 0 Å². The Hall–Kier alpha value is -1.15. The molecule has 0 aromatic carbocycles. The van der Waals surface area contributed by atoms with Gasteiger partial charge in [0.15, 0.2) is 0 Å². The lowest BCUT2D eigenvalue weighted by Crippen LogP contribution is -2.64. The molecule has 0 atom stereocenters. The molecule has 2 heterocycles. The fourth-order valence-electron chi connectivity index (χ4n) is 2.94. The van der Waals surface area contributed by atoms with Crippen molar-refractivity contribution in [2.75, 3.05) is 32.4 Å². The third-order valence-electron chi connectivity index (χ3n) is 4.39. The molecule has 0 aromatic rings. The summed E-state index contributed by atoms with van der Waals surface area (Å²) < 4.78 is 24.4. The summed E-state index contributed by atoms with van der Waals surface area (Å²) >= 11 is 0. The normalized spacial score (nSPS) is 24.7. The number of sulfonamides is 1. The number of nitrogens with one attached hydrogen (secondary N) is 1. The van der Waals surface area contributed by atoms with E-state index < -0.39 is 15.6 Å². The summed E-state index contributed by atoms with van der Waals surface area (Å²) in [4.78, 5) is 26.2. The molecule has 0 unspecified atom stereocenters. The summed E-state index contributed by atoms with van der Waals surface area (Å²) in [5.74, 6) is -0.383. The summed E-state index contributed by atoms with van der Waals surface area (Å²) in [5.41, 5.74) is -0.844. The van der Waals surface area contributed by atoms with Crippen LogP contribution in [0, 0.1) is 5.92 Å². The predicted molar refractivity (Wildman–Crippen MR) is 77.9 cm³/mol. The van der Waals surface area contributed by atoms with Gasteiger partial charge in [-0.2, -0.15) is 0 Å². The summed E-state index contributed by atoms with van der Waals surface area (Å²) in [6, 6.07) is 0. The first-order valence-corrected chi connectivity index (χ1v) is 9.04. The molecule has 7 nitrogen and oxygen atoms in total. The largest absolute Gasteiger partial charge is 0.352 e. The Kier molecular flexibility index (Phi) is 4.30. The molecule has 1 N–H and O–H groups in total. The molecular formula is C13H23N3O4S. The van der Waals surface area contributed by atoms with Gasteiger partial charge < -0.3 is 10.2 Å². The highest BCUT2D eigenvalue weighted by Gasteiger charge is 2.43. The van der Waals surface area contributed by atoms with Gasteiger partial charge in [0.05, 0.1) is 6.26 Å². The van der Waals surface area contributed by atoms with Crippen LogP contribution in [0.15, 0.2) is 0 Å². The maximum Gasteiger partial charge on any atom is 0.245 e. The highest BCUT2D eigenvalue weighted by Crippen LogP contribution is 2.26. The molecule has 0 aliphatic carbocycles. The van der Waals surface area contributed by atoms with Crippen molar-refractivity contribution in [1.29, 1.82) is 0 Å². The van der Waals surface area contributed by atoms with Crippen molar-refractivity contribution in [1.82, 2.24) is 14.5 Å². The van der Waals surface area contributed by atoms with Gasteiger partial charge in [0, 0.05) is 32.1 Å². The number of carbonyl (C=O) groups excluding carboxylic acids is 2. The molecule has 0 bridgehead atoms. The minimum Gasteiger partial charge on any atom is -0.352 e. The van der Waals surface area contributed by atoms with Crippen molar-refractivity contribution in [2.45, 2.75) is 32.2 Å². The number of carbonyl (C=O) groups is 2. The Labute approximate surface area is 125 Å². The van der Waals surface area contributed by atoms with Crippen LogP contribution in [0.1, 0.15) is 26.7 Å². The van der Waals surface area contributed by atoms with E-state index in [0.29, 0.717) is 39.0 Å². The number of piperidine rings is 1. The number of rotatable bonds is 2. The Morgan fingerprint density at radius 1 is 1.24 bits per heavy atom. The first kappa shape index (κ1) is 16.2. The van der Waals surface area contributed by atoms with Gasteiger partial charge in [-0.25, -0.2) is 12.7 Å². The van der Waals surface area contributed by atoms with Crippen LogP contribution >= 0.6 is 0 Å². The molecule has 2 aliphatic heterocycles. The van der Waals surface area contributed by atoms with E-state index in [2.05, 4.69) is 5.32 Å². The van der Waals surface area contributed by atoms with Gasteiger partial charge in [0.1, 0.15) is 5.54 Å². The summed E-state index contributed by atoms with van der Waals surface area (Å²) in [6.45, 7) is 5.20. The Bertz CT molecular complexity index is 536. The first-order chi connectivity index (χ1) is 9.64. The average molecular weight is 317 g/mol. The summed E-state index contributed by atoms with van der Waals surface area (Å²) in [7, 11) is -3.19. The third-order valence-corrected chi connectivity index (χ3v) is 5.69. The fourth-order valence-corrected chi connectivity index (χ4v) is 3.81. The van der Waals surface area contributed by atoms with E-state index in [4.69, 9.17) is 0 Å². The molecule has 8 heteroatoms. The predicted octanol–water partition coefficient (Wildman–Crippen LogP) is -0.605. The van der Waals surface area contributed by atoms with E-state index in [1.165, 1.54) is 10.6 Å². The zero-order valence-electron chi connectivity index (χ0n) is 12.8. The minimum atomic E-state index is -3.19. The standard InChI is InChI=1S/C13H23N3O4S/c1-13(2)12(18)14-6-9-16(13)11(17)10-4-7-15(8-5-10)21(3,19)20/h10H,4-9H2,1-3H3,(H,14,18). The molecule has 2 rings (SSSR count). The zero-order valence-corrected chi connectivity index (χ0v) is 13.6. The lowest BCUT2D eigenvalue weighted by molar-refractivity contribution is -0.152. The monoisotopic (exact) mass is 317 g/mol. The van der Waals surface area contributed by atoms with Crippen molar-refractivity contribution < 1.29 is 18.0 Å². The second kappa shape index (κ2) is 5.57. The SMILES string of the molecule is CC1(C)C(=O)NCCN1C(=O)C1CCN(S(C)(=O)=O)CC1. The Balaban J connectivity index is 2.03. The topological polar surface area (TPSA) is 86.8 Å². The molecule has 0 radical (unpaired) electrons. The van der Waals surface area contributed by atoms with E-state index in [-0.39, 0.29) is 17.7 Å². The lowest BCUT2D eigenvalue weighted by atomic mass is 9.91. The molecule has 0 saturated carbocycles. The molecule has 2 aliphatic rings. The van der Waals surface area contributed by atoms with Crippen molar-refractivity contribution in [3.05, 3.63) is 0 Å². The Morgan fingerprint density at radius 3 is 2.33 bits per heavy atom. The highest BCUT2D eigenvalue weighted by atomic mass is 32.2. The fraction of sp³-hybridized carbons (Fsp3) is 0.846. The van der Waals surface area contributed by atoms with E-state index >= 15 is 0 Å². The number of piperazine rings is 1. The quantitative estimate of drug-likeness (QED) is 0.736. The zero-order chi connectivity index (χ0) is 15.8. The van der Waals surface area contributed by atoms with Crippen LogP contribution in [-0.4, -0.2) is 67.4 Å². The Morgan fingerprint density at radius 2 is 1.81 bits per heavy atom. The van der Waals surface area contributed by atoms with Crippen LogP contribution in [0.5, 0.6) is 0 Å². The van der Waals surface area contributed by atoms with Crippen molar-refractivity contribution in [3.8, 4) is 0 Å². The van der Waals surface area contributed by atoms with Crippen molar-refractivity contribution >= 4 is 21.8 Å². The van der Waals surface area contributed by atoms with E-state index in [1.807, 2.05) is 0 Å². The van der Waals surface area contributed by atoms with Crippen LogP contribution in [0.3, 0.4) is 0 Å². The lowest BCUT2D eigenvalue weighted by Gasteiger charge is -2.43. The second-order valence-corrected chi connectivity index (χ2v) is 8.22. The smallest absolute Gasteiger partial charge is 0.245 e. The molecule has 0 aromatic heterocycles. The molecule has 2 fully saturated rings. The molecular weight excluding hydrogens is 294 g/mol. The van der Waals surface area contributed by atoms with Gasteiger partial charge in [-0.1, -0.05) is 0 Å². The first-order valence-electron chi connectivity index (χ1n) is 7.19. The van der Waals surface area contributed by atoms with Crippen LogP contribution in [0.4, 0.5) is 0 Å². The minimum absolute atomic E-state index is 0.0389. The van der Waals surface area contributed by atoms with Gasteiger partial charge in [-0.3, -0.25) is 9.59 Å². The average Bonchev–Trinajstić information content (AvgIpc) is 2.40. The number of hydrogen-bond donors (Lipinski definition) is 1. The third kappa shape index (κ3) is 3.21. The molecule has 2 saturated heterocycles. The van der Waals surface area contributed by atoms with E-state index in [0.717, 1.165) is 0 Å². The highest BCUT2D eigenvalue weighted by molar-refractivity contribution is 7.88. The molecule has 120 valence electrons. The van der Waals surface area contributed by atoms with Crippen LogP contribution < -0.4 is 5.32 Å². The summed E-state index contributed by atoms with van der Waals surface area (Å²) in [5, 5.41) is 2.77. The van der Waals surface area contributed by atoms with Gasteiger partial charge in [0.25, 0.3) is 0 Å². The molecule has 21 heavy (non-hydrogen) atoms. The van der Waals surface area contributed by atoms with E-state index in [9.17, 15) is 18.0 Å². The van der Waals surface area contributed by atoms with Gasteiger partial charge in [-0.15, -0.1) is 0 Å². The van der Waals surface area contributed by atoms with Gasteiger partial charge in [0.2, 0.25) is 21.8 Å². The molecule has 2 amide bonds. The number of nitrogens with zero attached hydrogens (tertiary/aromatic N) is 2. The summed E-state index contributed by atoms with van der Waals surface area (Å²) in [6.07, 6.45) is 2.22. The van der Waals surface area contributed by atoms with Gasteiger partial charge in [-0.05, 0) is 26.7 Å². The second-order valence-electron chi connectivity index (χ2n) is 6.24. The maximum atomic E-state index is 12.6. The number of hydrogen-bond acceptors (Lipinski definition) is 4. The van der Waals surface area contributed by atoms with Crippen LogP contribution in [0.25, 0.3) is 0 Å². The van der Waals surface area contributed by atoms with Crippen LogP contribution in [-0.2, 0) is 19.6 Å². The van der Waals surface area contributed by atoms with Crippen molar-refractivity contribution in [2.24, 2.45) is 5.92 Å². The van der Waals surface area contributed by atoms with Crippen molar-refractivity contribution in [3.63, 3.8) is 0 Å².